The molecule has 1 fully saturated rings. The highest BCUT2D eigenvalue weighted by Crippen LogP contribution is 2.24. The molecule has 1 aliphatic rings. The molecule has 13 heteroatoms. The number of esters is 2. The van der Waals surface area contributed by atoms with Crippen molar-refractivity contribution in [2.24, 2.45) is 0 Å². The maximum absolute atomic E-state index is 12.7. The van der Waals surface area contributed by atoms with E-state index in [1.807, 2.05) is 0 Å². The molecule has 2 unspecified atom stereocenters. The molecule has 0 saturated carbocycles. The molecule has 1 aliphatic heterocycles. The van der Waals surface area contributed by atoms with Crippen molar-refractivity contribution in [2.45, 2.75) is 198 Å². The number of hydrogen-bond acceptors (Lipinski definition) is 11. The van der Waals surface area contributed by atoms with Crippen LogP contribution < -0.4 is 0 Å². The summed E-state index contributed by atoms with van der Waals surface area (Å²) in [5.41, 5.74) is 0. The third-order valence-corrected chi connectivity index (χ3v) is 9.85. The molecule has 1 rings (SSSR count). The minimum absolute atomic E-state index is 0.162. The standard InChI is InChI=1S/C38H70O12S/c1-3-5-7-9-11-13-14-15-16-17-18-19-21-23-25-27-34(40)49-31(28-47-33(39)26-24-22-20-12-10-8-6-4-2)29-48-38-37(43)36(42)35(41)32(50-38)30-51(44,45)46/h13-14,31-32,35-38,41-43H,3-12,15-30H2,1-2H3,(H,44,45,46)/b14-13+/t31-,32-,35-,36?,37?,38+/m1/s1. The van der Waals surface area contributed by atoms with E-state index in [1.165, 1.54) is 70.6 Å². The van der Waals surface area contributed by atoms with Gasteiger partial charge in [-0.05, 0) is 38.5 Å². The van der Waals surface area contributed by atoms with Gasteiger partial charge in [-0.1, -0.05) is 122 Å². The average Bonchev–Trinajstić information content (AvgIpc) is 3.09. The zero-order chi connectivity index (χ0) is 37.7. The molecule has 0 aromatic rings. The topological polar surface area (TPSA) is 186 Å². The maximum Gasteiger partial charge on any atom is 0.306 e. The molecular weight excluding hydrogens is 680 g/mol. The molecule has 12 nitrogen and oxygen atoms in total. The Morgan fingerprint density at radius 2 is 1.12 bits per heavy atom. The van der Waals surface area contributed by atoms with Crippen molar-refractivity contribution in [2.75, 3.05) is 19.0 Å². The quantitative estimate of drug-likeness (QED) is 0.0247. The fraction of sp³-hybridized carbons (Fsp3) is 0.895. The first-order valence-corrected chi connectivity index (χ1v) is 21.4. The largest absolute Gasteiger partial charge is 0.462 e. The molecule has 4 N–H and O–H groups in total. The summed E-state index contributed by atoms with van der Waals surface area (Å²) in [5.74, 6) is -1.99. The Bertz CT molecular complexity index is 1020. The second-order valence-electron chi connectivity index (χ2n) is 14.0. The first kappa shape index (κ1) is 47.4. The number of aliphatic hydroxyl groups is 3. The van der Waals surface area contributed by atoms with Crippen molar-refractivity contribution < 1.29 is 56.8 Å². The van der Waals surface area contributed by atoms with Crippen LogP contribution in [-0.2, 0) is 38.7 Å². The fourth-order valence-electron chi connectivity index (χ4n) is 5.96. The Hall–Kier alpha value is -1.61. The summed E-state index contributed by atoms with van der Waals surface area (Å²) in [4.78, 5) is 25.2. The molecule has 1 saturated heterocycles. The number of unbranched alkanes of at least 4 members (excludes halogenated alkanes) is 18. The van der Waals surface area contributed by atoms with Crippen molar-refractivity contribution in [3.63, 3.8) is 0 Å². The van der Waals surface area contributed by atoms with Gasteiger partial charge in [0.15, 0.2) is 12.4 Å². The lowest BCUT2D eigenvalue weighted by Crippen LogP contribution is -2.60. The predicted molar refractivity (Wildman–Crippen MR) is 197 cm³/mol. The van der Waals surface area contributed by atoms with Gasteiger partial charge in [0.05, 0.1) is 6.61 Å². The Morgan fingerprint density at radius 1 is 0.647 bits per heavy atom. The van der Waals surface area contributed by atoms with E-state index in [0.717, 1.165) is 51.4 Å². The average molecular weight is 751 g/mol. The molecule has 300 valence electrons. The van der Waals surface area contributed by atoms with E-state index in [4.69, 9.17) is 18.9 Å². The van der Waals surface area contributed by atoms with E-state index in [2.05, 4.69) is 26.0 Å². The molecule has 1 heterocycles. The van der Waals surface area contributed by atoms with Gasteiger partial charge in [0.1, 0.15) is 36.8 Å². The van der Waals surface area contributed by atoms with Crippen LogP contribution in [0.5, 0.6) is 0 Å². The van der Waals surface area contributed by atoms with Crippen LogP contribution in [0.3, 0.4) is 0 Å². The van der Waals surface area contributed by atoms with Gasteiger partial charge in [0.2, 0.25) is 0 Å². The van der Waals surface area contributed by atoms with Gasteiger partial charge < -0.3 is 34.3 Å². The Balaban J connectivity index is 2.50. The van der Waals surface area contributed by atoms with Gasteiger partial charge in [0.25, 0.3) is 10.1 Å². The number of aliphatic hydroxyl groups excluding tert-OH is 3. The molecule has 51 heavy (non-hydrogen) atoms. The van der Waals surface area contributed by atoms with Crippen molar-refractivity contribution in [1.29, 1.82) is 0 Å². The van der Waals surface area contributed by atoms with Crippen LogP contribution >= 0.6 is 0 Å². The zero-order valence-corrected chi connectivity index (χ0v) is 32.3. The van der Waals surface area contributed by atoms with E-state index in [0.29, 0.717) is 12.8 Å². The Labute approximate surface area is 307 Å². The van der Waals surface area contributed by atoms with Crippen LogP contribution in [0.2, 0.25) is 0 Å². The van der Waals surface area contributed by atoms with Gasteiger partial charge in [-0.25, -0.2) is 0 Å². The lowest BCUT2D eigenvalue weighted by atomic mass is 10.00. The third kappa shape index (κ3) is 25.1. The Kier molecular flexibility index (Phi) is 27.7. The highest BCUT2D eigenvalue weighted by atomic mass is 32.2. The highest BCUT2D eigenvalue weighted by Gasteiger charge is 2.46. The van der Waals surface area contributed by atoms with E-state index >= 15 is 0 Å². The second kappa shape index (κ2) is 29.8. The minimum Gasteiger partial charge on any atom is -0.462 e. The monoisotopic (exact) mass is 750 g/mol. The number of allylic oxidation sites excluding steroid dienone is 2. The number of hydrogen-bond donors (Lipinski definition) is 4. The number of rotatable bonds is 32. The lowest BCUT2D eigenvalue weighted by Gasteiger charge is -2.40. The van der Waals surface area contributed by atoms with E-state index in [9.17, 15) is 37.9 Å². The lowest BCUT2D eigenvalue weighted by molar-refractivity contribution is -0.297. The van der Waals surface area contributed by atoms with Crippen molar-refractivity contribution in [3.05, 3.63) is 12.2 Å². The SMILES string of the molecule is CCCCCC/C=C/CCCCCCCCCC(=O)O[C@H](COC(=O)CCCCCCCCCC)CO[C@H]1O[C@H](CS(=O)(=O)O)[C@@H](O)C(O)C1O. The predicted octanol–water partition coefficient (Wildman–Crippen LogP) is 6.72. The Morgan fingerprint density at radius 3 is 1.65 bits per heavy atom. The van der Waals surface area contributed by atoms with E-state index < -0.39 is 71.2 Å². The molecule has 0 aliphatic carbocycles. The molecule has 0 aromatic carbocycles. The van der Waals surface area contributed by atoms with E-state index in [1.54, 1.807) is 0 Å². The maximum atomic E-state index is 12.7. The summed E-state index contributed by atoms with van der Waals surface area (Å²) >= 11 is 0. The van der Waals surface area contributed by atoms with Gasteiger partial charge in [-0.2, -0.15) is 8.42 Å². The number of carbonyl (C=O) groups is 2. The fourth-order valence-corrected chi connectivity index (χ4v) is 6.65. The summed E-state index contributed by atoms with van der Waals surface area (Å²) in [5, 5.41) is 30.7. The summed E-state index contributed by atoms with van der Waals surface area (Å²) in [6.45, 7) is 3.68. The van der Waals surface area contributed by atoms with E-state index in [-0.39, 0.29) is 19.4 Å². The molecule has 0 bridgehead atoms. The second-order valence-corrected chi connectivity index (χ2v) is 15.4. The van der Waals surface area contributed by atoms with Gasteiger partial charge >= 0.3 is 11.9 Å². The van der Waals surface area contributed by atoms with Crippen molar-refractivity contribution in [1.82, 2.24) is 0 Å². The molecule has 0 aromatic heterocycles. The third-order valence-electron chi connectivity index (χ3n) is 9.10. The summed E-state index contributed by atoms with van der Waals surface area (Å²) in [6, 6.07) is 0. The first-order chi connectivity index (χ1) is 24.5. The molecule has 0 spiro atoms. The first-order valence-electron chi connectivity index (χ1n) is 19.7. The summed E-state index contributed by atoms with van der Waals surface area (Å²) < 4.78 is 53.7. The van der Waals surface area contributed by atoms with Gasteiger partial charge in [0, 0.05) is 12.8 Å². The van der Waals surface area contributed by atoms with Crippen LogP contribution in [0.4, 0.5) is 0 Å². The van der Waals surface area contributed by atoms with Crippen molar-refractivity contribution >= 4 is 22.1 Å². The number of ether oxygens (including phenoxy) is 4. The van der Waals surface area contributed by atoms with Crippen LogP contribution in [-0.4, -0.2) is 96.0 Å². The van der Waals surface area contributed by atoms with Gasteiger partial charge in [-0.3, -0.25) is 14.1 Å². The zero-order valence-electron chi connectivity index (χ0n) is 31.5. The summed E-state index contributed by atoms with van der Waals surface area (Å²) in [6.07, 6.45) is 18.6. The van der Waals surface area contributed by atoms with Crippen LogP contribution in [0.15, 0.2) is 12.2 Å². The molecule has 0 amide bonds. The summed E-state index contributed by atoms with van der Waals surface area (Å²) in [7, 11) is -4.59. The van der Waals surface area contributed by atoms with Crippen LogP contribution in [0.1, 0.15) is 162 Å². The normalized spacial score (nSPS) is 21.6. The minimum atomic E-state index is -4.59. The molecule has 6 atom stereocenters. The van der Waals surface area contributed by atoms with Crippen LogP contribution in [0, 0.1) is 0 Å². The molecular formula is C38H70O12S. The highest BCUT2D eigenvalue weighted by molar-refractivity contribution is 7.85. The van der Waals surface area contributed by atoms with Gasteiger partial charge in [-0.15, -0.1) is 0 Å². The number of carbonyl (C=O) groups excluding carboxylic acids is 2. The smallest absolute Gasteiger partial charge is 0.306 e. The van der Waals surface area contributed by atoms with Crippen molar-refractivity contribution in [3.8, 4) is 0 Å². The van der Waals surface area contributed by atoms with Crippen LogP contribution in [0.25, 0.3) is 0 Å². The molecule has 0 radical (unpaired) electrons.